The van der Waals surface area contributed by atoms with Gasteiger partial charge in [0.25, 0.3) is 0 Å². The molecule has 104 valence electrons. The van der Waals surface area contributed by atoms with Crippen molar-refractivity contribution in [3.05, 3.63) is 45.8 Å². The second-order valence-corrected chi connectivity index (χ2v) is 4.67. The molecule has 6 heteroatoms. The number of carbonyl (C=O) groups excluding carboxylic acids is 2. The van der Waals surface area contributed by atoms with Crippen LogP contribution in [0.3, 0.4) is 0 Å². The van der Waals surface area contributed by atoms with Crippen molar-refractivity contribution in [3.63, 3.8) is 0 Å². The molecule has 0 heterocycles. The minimum atomic E-state index is -1.24. The zero-order chi connectivity index (χ0) is 14.6. The first-order valence-corrected chi connectivity index (χ1v) is 6.46. The average molecular weight is 273 g/mol. The molecular weight excluding hydrogens is 258 g/mol. The Kier molecular flexibility index (Phi) is 4.05. The van der Waals surface area contributed by atoms with Crippen molar-refractivity contribution in [2.45, 2.75) is 19.8 Å². The van der Waals surface area contributed by atoms with Crippen molar-refractivity contribution in [2.24, 2.45) is 10.5 Å². The highest BCUT2D eigenvalue weighted by molar-refractivity contribution is 6.16. The summed E-state index contributed by atoms with van der Waals surface area (Å²) in [5.74, 6) is -0.769. The second-order valence-electron chi connectivity index (χ2n) is 4.67. The number of fused-ring (bicyclic) bond motifs is 1. The predicted octanol–water partition coefficient (Wildman–Crippen LogP) is 2.68. The van der Waals surface area contributed by atoms with E-state index in [0.29, 0.717) is 12.0 Å². The fourth-order valence-corrected chi connectivity index (χ4v) is 2.58. The third kappa shape index (κ3) is 2.26. The van der Waals surface area contributed by atoms with E-state index in [1.807, 2.05) is 12.1 Å². The van der Waals surface area contributed by atoms with E-state index in [-0.39, 0.29) is 25.4 Å². The molecule has 0 N–H and O–H groups in total. The quantitative estimate of drug-likeness (QED) is 0.271. The maximum Gasteiger partial charge on any atom is 0.320 e. The fraction of sp³-hybridized carbons (Fsp3) is 0.429. The summed E-state index contributed by atoms with van der Waals surface area (Å²) in [6.07, 6.45) is 0.477. The van der Waals surface area contributed by atoms with E-state index in [1.165, 1.54) is 0 Å². The van der Waals surface area contributed by atoms with E-state index in [9.17, 15) is 9.59 Å². The number of nitrogens with zero attached hydrogens (tertiary/aromatic N) is 3. The lowest BCUT2D eigenvalue weighted by molar-refractivity contribution is -0.152. The summed E-state index contributed by atoms with van der Waals surface area (Å²) in [6, 6.07) is 7.15. The van der Waals surface area contributed by atoms with Gasteiger partial charge in [0.15, 0.2) is 5.78 Å². The lowest BCUT2D eigenvalue weighted by atomic mass is 9.80. The van der Waals surface area contributed by atoms with Gasteiger partial charge in [0.05, 0.1) is 6.61 Å². The zero-order valence-corrected chi connectivity index (χ0v) is 11.2. The Morgan fingerprint density at radius 3 is 2.90 bits per heavy atom. The van der Waals surface area contributed by atoms with Crippen LogP contribution in [0.1, 0.15) is 29.3 Å². The molecule has 20 heavy (non-hydrogen) atoms. The number of esters is 1. The van der Waals surface area contributed by atoms with Gasteiger partial charge in [-0.2, -0.15) is 0 Å². The van der Waals surface area contributed by atoms with Crippen molar-refractivity contribution in [1.82, 2.24) is 0 Å². The molecule has 6 nitrogen and oxygen atoms in total. The molecule has 1 atom stereocenters. The van der Waals surface area contributed by atoms with Crippen LogP contribution in [0.4, 0.5) is 0 Å². The Morgan fingerprint density at radius 1 is 1.50 bits per heavy atom. The number of hydrogen-bond acceptors (Lipinski definition) is 4. The first kappa shape index (κ1) is 14.1. The van der Waals surface area contributed by atoms with Crippen LogP contribution < -0.4 is 0 Å². The highest BCUT2D eigenvalue weighted by atomic mass is 16.5. The van der Waals surface area contributed by atoms with Crippen LogP contribution >= 0.6 is 0 Å². The lowest BCUT2D eigenvalue weighted by Crippen LogP contribution is -2.39. The molecule has 0 radical (unpaired) electrons. The van der Waals surface area contributed by atoms with Gasteiger partial charge in [-0.05, 0) is 30.9 Å². The summed E-state index contributed by atoms with van der Waals surface area (Å²) in [5.41, 5.74) is 8.52. The topological polar surface area (TPSA) is 92.1 Å². The molecule has 0 saturated carbocycles. The van der Waals surface area contributed by atoms with Gasteiger partial charge in [-0.15, -0.1) is 0 Å². The summed E-state index contributed by atoms with van der Waals surface area (Å²) in [7, 11) is 0. The largest absolute Gasteiger partial charge is 0.465 e. The molecule has 0 bridgehead atoms. The molecule has 0 aliphatic heterocycles. The monoisotopic (exact) mass is 273 g/mol. The van der Waals surface area contributed by atoms with Gasteiger partial charge in [0, 0.05) is 17.0 Å². The van der Waals surface area contributed by atoms with Gasteiger partial charge in [-0.3, -0.25) is 9.59 Å². The number of benzene rings is 1. The third-order valence-electron chi connectivity index (χ3n) is 3.56. The van der Waals surface area contributed by atoms with E-state index in [0.717, 1.165) is 5.56 Å². The van der Waals surface area contributed by atoms with E-state index < -0.39 is 11.4 Å². The molecule has 1 aliphatic carbocycles. The smallest absolute Gasteiger partial charge is 0.320 e. The number of carbonyl (C=O) groups is 2. The molecule has 2 rings (SSSR count). The molecule has 0 amide bonds. The van der Waals surface area contributed by atoms with E-state index in [4.69, 9.17) is 10.3 Å². The summed E-state index contributed by atoms with van der Waals surface area (Å²) in [4.78, 5) is 27.5. The van der Waals surface area contributed by atoms with Gasteiger partial charge in [-0.25, -0.2) is 0 Å². The number of rotatable bonds is 5. The van der Waals surface area contributed by atoms with E-state index >= 15 is 0 Å². The summed E-state index contributed by atoms with van der Waals surface area (Å²) in [5, 5.41) is 3.44. The summed E-state index contributed by atoms with van der Waals surface area (Å²) >= 11 is 0. The van der Waals surface area contributed by atoms with Crippen LogP contribution in [-0.2, 0) is 16.0 Å². The summed E-state index contributed by atoms with van der Waals surface area (Å²) in [6.45, 7) is 2.01. The van der Waals surface area contributed by atoms with Crippen molar-refractivity contribution in [1.29, 1.82) is 0 Å². The maximum absolute atomic E-state index is 12.6. The van der Waals surface area contributed by atoms with Crippen LogP contribution in [0.2, 0.25) is 0 Å². The second kappa shape index (κ2) is 5.75. The van der Waals surface area contributed by atoms with Gasteiger partial charge >= 0.3 is 5.97 Å². The van der Waals surface area contributed by atoms with Crippen molar-refractivity contribution in [3.8, 4) is 0 Å². The SMILES string of the molecule is CCOC(=O)C1(CCN=[N+]=[N-])Cc2ccccc2C1=O. The minimum Gasteiger partial charge on any atom is -0.465 e. The zero-order valence-electron chi connectivity index (χ0n) is 11.2. The Bertz CT molecular complexity index is 593. The Labute approximate surface area is 116 Å². The molecule has 1 aliphatic rings. The number of ketones is 1. The van der Waals surface area contributed by atoms with Crippen molar-refractivity contribution in [2.75, 3.05) is 13.2 Å². The molecular formula is C14H15N3O3. The van der Waals surface area contributed by atoms with Crippen LogP contribution in [0.25, 0.3) is 10.4 Å². The Hall–Kier alpha value is -2.33. The number of ether oxygens (including phenoxy) is 1. The standard InChI is InChI=1S/C14H15N3O3/c1-2-20-13(19)14(7-8-16-17-15)9-10-5-3-4-6-11(10)12(14)18/h3-6H,2,7-9H2,1H3. The van der Waals surface area contributed by atoms with Gasteiger partial charge in [0.1, 0.15) is 5.41 Å². The van der Waals surface area contributed by atoms with E-state index in [2.05, 4.69) is 10.0 Å². The molecule has 0 spiro atoms. The first-order chi connectivity index (χ1) is 9.65. The van der Waals surface area contributed by atoms with Gasteiger partial charge < -0.3 is 4.74 Å². The van der Waals surface area contributed by atoms with Crippen LogP contribution in [0, 0.1) is 5.41 Å². The molecule has 0 fully saturated rings. The normalized spacial score (nSPS) is 20.1. The molecule has 0 aromatic heterocycles. The average Bonchev–Trinajstić information content (AvgIpc) is 2.74. The third-order valence-corrected chi connectivity index (χ3v) is 3.56. The number of hydrogen-bond donors (Lipinski definition) is 0. The van der Waals surface area contributed by atoms with Gasteiger partial charge in [-0.1, -0.05) is 29.4 Å². The minimum absolute atomic E-state index is 0.0923. The highest BCUT2D eigenvalue weighted by Gasteiger charge is 2.51. The van der Waals surface area contributed by atoms with E-state index in [1.54, 1.807) is 19.1 Å². The van der Waals surface area contributed by atoms with Crippen LogP contribution in [-0.4, -0.2) is 24.9 Å². The Morgan fingerprint density at radius 2 is 2.25 bits per heavy atom. The number of azide groups is 1. The lowest BCUT2D eigenvalue weighted by Gasteiger charge is -2.24. The molecule has 1 aromatic carbocycles. The highest BCUT2D eigenvalue weighted by Crippen LogP contribution is 2.40. The predicted molar refractivity (Wildman–Crippen MR) is 72.2 cm³/mol. The molecule has 1 unspecified atom stereocenters. The number of Topliss-reactive ketones (excluding diaryl/α,β-unsaturated/α-hetero) is 1. The molecule has 1 aromatic rings. The fourth-order valence-electron chi connectivity index (χ4n) is 2.58. The van der Waals surface area contributed by atoms with Crippen LogP contribution in [0.5, 0.6) is 0 Å². The van der Waals surface area contributed by atoms with Crippen LogP contribution in [0.15, 0.2) is 29.4 Å². The maximum atomic E-state index is 12.6. The first-order valence-electron chi connectivity index (χ1n) is 6.46. The van der Waals surface area contributed by atoms with Gasteiger partial charge in [0.2, 0.25) is 0 Å². The van der Waals surface area contributed by atoms with Crippen molar-refractivity contribution < 1.29 is 14.3 Å². The Balaban J connectivity index is 2.37. The van der Waals surface area contributed by atoms with Crippen molar-refractivity contribution >= 4 is 11.8 Å². The molecule has 0 saturated heterocycles. The summed E-state index contributed by atoms with van der Waals surface area (Å²) < 4.78 is 5.07.